The summed E-state index contributed by atoms with van der Waals surface area (Å²) in [6.07, 6.45) is 2.28. The van der Waals surface area contributed by atoms with Crippen LogP contribution in [0.4, 0.5) is 5.69 Å². The predicted octanol–water partition coefficient (Wildman–Crippen LogP) is 2.72. The summed E-state index contributed by atoms with van der Waals surface area (Å²) in [6, 6.07) is 6.70. The molecule has 0 amide bonds. The van der Waals surface area contributed by atoms with Crippen LogP contribution in [0, 0.1) is 6.92 Å². The fourth-order valence-electron chi connectivity index (χ4n) is 2.13. The van der Waals surface area contributed by atoms with Crippen molar-refractivity contribution in [1.29, 1.82) is 0 Å². The third-order valence-corrected chi connectivity index (χ3v) is 3.93. The first-order valence-electron chi connectivity index (χ1n) is 5.36. The molecule has 0 aliphatic carbocycles. The Kier molecular flexibility index (Phi) is 3.32. The van der Waals surface area contributed by atoms with Crippen LogP contribution in [-0.4, -0.2) is 24.3 Å². The number of hydrogen-bond donors (Lipinski definition) is 1. The molecule has 1 aliphatic heterocycles. The molecule has 0 aromatic heterocycles. The van der Waals surface area contributed by atoms with E-state index in [1.54, 1.807) is 0 Å². The van der Waals surface area contributed by atoms with Gasteiger partial charge in [-0.25, -0.2) is 0 Å². The first kappa shape index (κ1) is 11.0. The van der Waals surface area contributed by atoms with Crippen LogP contribution in [0.5, 0.6) is 0 Å². The lowest BCUT2D eigenvalue weighted by molar-refractivity contribution is 0.266. The van der Waals surface area contributed by atoms with E-state index in [-0.39, 0.29) is 6.61 Å². The van der Waals surface area contributed by atoms with Crippen molar-refractivity contribution in [2.24, 2.45) is 0 Å². The zero-order valence-electron chi connectivity index (χ0n) is 8.91. The zero-order valence-corrected chi connectivity index (χ0v) is 10.5. The first-order chi connectivity index (χ1) is 7.22. The molecule has 3 heteroatoms. The quantitative estimate of drug-likeness (QED) is 0.893. The van der Waals surface area contributed by atoms with Gasteiger partial charge in [-0.1, -0.05) is 22.0 Å². The summed E-state index contributed by atoms with van der Waals surface area (Å²) in [5.74, 6) is 0. The molecule has 1 atom stereocenters. The molecular formula is C12H16BrNO. The monoisotopic (exact) mass is 269 g/mol. The molecule has 1 unspecified atom stereocenters. The topological polar surface area (TPSA) is 23.5 Å². The molecule has 2 rings (SSSR count). The minimum atomic E-state index is 0.255. The molecule has 1 saturated heterocycles. The van der Waals surface area contributed by atoms with Crippen molar-refractivity contribution in [2.75, 3.05) is 18.1 Å². The van der Waals surface area contributed by atoms with Crippen molar-refractivity contribution < 1.29 is 5.11 Å². The number of anilines is 1. The standard InChI is InChI=1S/C12H16BrNO/c1-9-4-5-10(7-12(9)13)14-6-2-3-11(14)8-15/h4-5,7,11,15H,2-3,6,8H2,1H3. The number of aryl methyl sites for hydroxylation is 1. The highest BCUT2D eigenvalue weighted by Gasteiger charge is 2.23. The van der Waals surface area contributed by atoms with E-state index in [1.165, 1.54) is 17.7 Å². The van der Waals surface area contributed by atoms with E-state index in [4.69, 9.17) is 0 Å². The van der Waals surface area contributed by atoms with Gasteiger partial charge in [0.15, 0.2) is 0 Å². The number of benzene rings is 1. The minimum absolute atomic E-state index is 0.255. The van der Waals surface area contributed by atoms with Gasteiger partial charge in [-0.05, 0) is 37.5 Å². The molecule has 15 heavy (non-hydrogen) atoms. The second kappa shape index (κ2) is 4.54. The Balaban J connectivity index is 2.25. The van der Waals surface area contributed by atoms with Gasteiger partial charge in [-0.2, -0.15) is 0 Å². The Morgan fingerprint density at radius 1 is 1.53 bits per heavy atom. The van der Waals surface area contributed by atoms with Crippen molar-refractivity contribution in [3.8, 4) is 0 Å². The van der Waals surface area contributed by atoms with E-state index in [1.807, 2.05) is 0 Å². The highest BCUT2D eigenvalue weighted by Crippen LogP contribution is 2.29. The zero-order chi connectivity index (χ0) is 10.8. The van der Waals surface area contributed by atoms with Crippen molar-refractivity contribution in [2.45, 2.75) is 25.8 Å². The lowest BCUT2D eigenvalue weighted by Crippen LogP contribution is -2.31. The summed E-state index contributed by atoms with van der Waals surface area (Å²) in [5.41, 5.74) is 2.46. The van der Waals surface area contributed by atoms with Crippen LogP contribution in [0.3, 0.4) is 0 Å². The lowest BCUT2D eigenvalue weighted by Gasteiger charge is -2.25. The lowest BCUT2D eigenvalue weighted by atomic mass is 10.2. The summed E-state index contributed by atoms with van der Waals surface area (Å²) in [5, 5.41) is 9.27. The van der Waals surface area contributed by atoms with E-state index in [0.29, 0.717) is 6.04 Å². The maximum Gasteiger partial charge on any atom is 0.0635 e. The van der Waals surface area contributed by atoms with Gasteiger partial charge >= 0.3 is 0 Å². The number of nitrogens with zero attached hydrogens (tertiary/aromatic N) is 1. The maximum absolute atomic E-state index is 9.27. The van der Waals surface area contributed by atoms with E-state index < -0.39 is 0 Å². The van der Waals surface area contributed by atoms with E-state index >= 15 is 0 Å². The first-order valence-corrected chi connectivity index (χ1v) is 6.15. The molecule has 0 bridgehead atoms. The summed E-state index contributed by atoms with van der Waals surface area (Å²) in [6.45, 7) is 3.40. The van der Waals surface area contributed by atoms with Gasteiger partial charge in [0.05, 0.1) is 12.6 Å². The van der Waals surface area contributed by atoms with Crippen LogP contribution in [0.25, 0.3) is 0 Å². The van der Waals surface area contributed by atoms with Gasteiger partial charge in [0.25, 0.3) is 0 Å². The van der Waals surface area contributed by atoms with Gasteiger partial charge in [-0.15, -0.1) is 0 Å². The smallest absolute Gasteiger partial charge is 0.0635 e. The molecule has 1 fully saturated rings. The van der Waals surface area contributed by atoms with Gasteiger partial charge in [-0.3, -0.25) is 0 Å². The number of halogens is 1. The molecule has 1 aliphatic rings. The molecule has 82 valence electrons. The van der Waals surface area contributed by atoms with E-state index in [0.717, 1.165) is 17.4 Å². The second-order valence-corrected chi connectivity index (χ2v) is 4.96. The molecule has 0 saturated carbocycles. The highest BCUT2D eigenvalue weighted by molar-refractivity contribution is 9.10. The molecule has 1 N–H and O–H groups in total. The van der Waals surface area contributed by atoms with Gasteiger partial charge < -0.3 is 10.0 Å². The van der Waals surface area contributed by atoms with E-state index in [2.05, 4.69) is 46.0 Å². The second-order valence-electron chi connectivity index (χ2n) is 4.11. The predicted molar refractivity (Wildman–Crippen MR) is 66.3 cm³/mol. The van der Waals surface area contributed by atoms with Crippen LogP contribution >= 0.6 is 15.9 Å². The number of hydrogen-bond acceptors (Lipinski definition) is 2. The van der Waals surface area contributed by atoms with Crippen molar-refractivity contribution in [3.05, 3.63) is 28.2 Å². The average Bonchev–Trinajstić information content (AvgIpc) is 2.70. The van der Waals surface area contributed by atoms with Crippen LogP contribution < -0.4 is 4.90 Å². The Morgan fingerprint density at radius 2 is 2.33 bits per heavy atom. The summed E-state index contributed by atoms with van der Waals surface area (Å²) in [7, 11) is 0. The average molecular weight is 270 g/mol. The molecule has 1 heterocycles. The minimum Gasteiger partial charge on any atom is -0.394 e. The van der Waals surface area contributed by atoms with Crippen molar-refractivity contribution in [1.82, 2.24) is 0 Å². The molecule has 2 nitrogen and oxygen atoms in total. The molecule has 0 spiro atoms. The van der Waals surface area contributed by atoms with Gasteiger partial charge in [0.1, 0.15) is 0 Å². The Labute approximate surface area is 99.0 Å². The van der Waals surface area contributed by atoms with Crippen LogP contribution in [-0.2, 0) is 0 Å². The van der Waals surface area contributed by atoms with Crippen LogP contribution in [0.2, 0.25) is 0 Å². The Morgan fingerprint density at radius 3 is 3.00 bits per heavy atom. The van der Waals surface area contributed by atoms with Crippen molar-refractivity contribution >= 4 is 21.6 Å². The number of rotatable bonds is 2. The maximum atomic E-state index is 9.27. The largest absolute Gasteiger partial charge is 0.394 e. The van der Waals surface area contributed by atoms with Crippen molar-refractivity contribution in [3.63, 3.8) is 0 Å². The molecule has 1 aromatic carbocycles. The summed E-state index contributed by atoms with van der Waals surface area (Å²) >= 11 is 3.55. The number of aliphatic hydroxyl groups is 1. The molecule has 1 aromatic rings. The fraction of sp³-hybridized carbons (Fsp3) is 0.500. The molecular weight excluding hydrogens is 254 g/mol. The van der Waals surface area contributed by atoms with Crippen LogP contribution in [0.1, 0.15) is 18.4 Å². The Hall–Kier alpha value is -0.540. The third kappa shape index (κ3) is 2.18. The number of aliphatic hydroxyl groups excluding tert-OH is 1. The summed E-state index contributed by atoms with van der Waals surface area (Å²) < 4.78 is 1.14. The Bertz CT molecular complexity index is 353. The highest BCUT2D eigenvalue weighted by atomic mass is 79.9. The SMILES string of the molecule is Cc1ccc(N2CCCC2CO)cc1Br. The van der Waals surface area contributed by atoms with E-state index in [9.17, 15) is 5.11 Å². The fourth-order valence-corrected chi connectivity index (χ4v) is 2.49. The third-order valence-electron chi connectivity index (χ3n) is 3.07. The van der Waals surface area contributed by atoms with Crippen LogP contribution in [0.15, 0.2) is 22.7 Å². The van der Waals surface area contributed by atoms with Gasteiger partial charge in [0.2, 0.25) is 0 Å². The normalized spacial score (nSPS) is 21.0. The molecule has 0 radical (unpaired) electrons. The summed E-state index contributed by atoms with van der Waals surface area (Å²) in [4.78, 5) is 2.30. The van der Waals surface area contributed by atoms with Gasteiger partial charge in [0, 0.05) is 16.7 Å².